The van der Waals surface area contributed by atoms with E-state index in [1.165, 1.54) is 4.57 Å². The van der Waals surface area contributed by atoms with Crippen LogP contribution >= 0.6 is 0 Å². The van der Waals surface area contributed by atoms with E-state index in [1.807, 2.05) is 30.3 Å². The second-order valence-corrected chi connectivity index (χ2v) is 8.91. The highest BCUT2D eigenvalue weighted by atomic mass is 16.2. The van der Waals surface area contributed by atoms with Gasteiger partial charge in [-0.25, -0.2) is 14.5 Å². The standard InChI is InChI=1S/C29H22N8O2/c1-18-24(27-30-15-7-17-36(27)35-18)28(38)32-19(2)26-33-23-11-6-8-20(12-13-21-14-16-31-34-21)25(23)29(39)37(26)22-9-4-3-5-10-22/h3-11,14-17,19H,1-2H3,(H,31,34)(H,32,38). The van der Waals surface area contributed by atoms with Crippen LogP contribution in [0.15, 0.2) is 84.0 Å². The molecule has 0 bridgehead atoms. The molecule has 0 aliphatic heterocycles. The molecule has 1 atom stereocenters. The summed E-state index contributed by atoms with van der Waals surface area (Å²) in [6.07, 6.45) is 4.96. The monoisotopic (exact) mass is 514 g/mol. The second kappa shape index (κ2) is 9.72. The molecule has 0 saturated heterocycles. The molecule has 2 aromatic carbocycles. The van der Waals surface area contributed by atoms with E-state index >= 15 is 0 Å². The van der Waals surface area contributed by atoms with Crippen LogP contribution in [0.1, 0.15) is 46.1 Å². The van der Waals surface area contributed by atoms with Gasteiger partial charge in [-0.15, -0.1) is 0 Å². The van der Waals surface area contributed by atoms with Crippen molar-refractivity contribution in [2.24, 2.45) is 0 Å². The Morgan fingerprint density at radius 3 is 2.67 bits per heavy atom. The fourth-order valence-electron chi connectivity index (χ4n) is 4.52. The normalized spacial score (nSPS) is 11.7. The summed E-state index contributed by atoms with van der Waals surface area (Å²) >= 11 is 0. The van der Waals surface area contributed by atoms with Gasteiger partial charge in [0.15, 0.2) is 5.65 Å². The number of fused-ring (bicyclic) bond motifs is 2. The summed E-state index contributed by atoms with van der Waals surface area (Å²) in [5, 5.41) is 14.5. The molecule has 0 fully saturated rings. The number of aromatic amines is 1. The number of benzene rings is 2. The molecule has 0 spiro atoms. The summed E-state index contributed by atoms with van der Waals surface area (Å²) in [5.41, 5.74) is 3.36. The molecular formula is C29H22N8O2. The number of hydrogen-bond acceptors (Lipinski definition) is 6. The van der Waals surface area contributed by atoms with Crippen molar-refractivity contribution < 1.29 is 4.79 Å². The van der Waals surface area contributed by atoms with Crippen LogP contribution in [0.4, 0.5) is 0 Å². The highest BCUT2D eigenvalue weighted by Gasteiger charge is 2.24. The van der Waals surface area contributed by atoms with Crippen molar-refractivity contribution in [3.8, 4) is 17.5 Å². The number of carbonyl (C=O) groups is 1. The van der Waals surface area contributed by atoms with Gasteiger partial charge in [-0.1, -0.05) is 30.2 Å². The minimum atomic E-state index is -0.632. The van der Waals surface area contributed by atoms with Gasteiger partial charge in [-0.2, -0.15) is 10.2 Å². The van der Waals surface area contributed by atoms with Crippen molar-refractivity contribution in [3.63, 3.8) is 0 Å². The summed E-state index contributed by atoms with van der Waals surface area (Å²) in [5.74, 6) is 6.10. The van der Waals surface area contributed by atoms with Crippen LogP contribution in [0.3, 0.4) is 0 Å². The average Bonchev–Trinajstić information content (AvgIpc) is 3.59. The first-order valence-corrected chi connectivity index (χ1v) is 12.2. The molecule has 0 aliphatic rings. The van der Waals surface area contributed by atoms with Gasteiger partial charge >= 0.3 is 0 Å². The lowest BCUT2D eigenvalue weighted by molar-refractivity contribution is 0.0938. The van der Waals surface area contributed by atoms with Crippen molar-refractivity contribution in [2.75, 3.05) is 0 Å². The largest absolute Gasteiger partial charge is 0.342 e. The Hall–Kier alpha value is -5.56. The SMILES string of the molecule is Cc1nn2cccnc2c1C(=O)NC(C)c1nc2cccc(C#Cc3ccn[nH]3)c2c(=O)n1-c1ccccc1. The summed E-state index contributed by atoms with van der Waals surface area (Å²) in [4.78, 5) is 36.7. The summed E-state index contributed by atoms with van der Waals surface area (Å²) in [6.45, 7) is 3.55. The van der Waals surface area contributed by atoms with Crippen LogP contribution in [0.2, 0.25) is 0 Å². The number of amides is 1. The predicted molar refractivity (Wildman–Crippen MR) is 146 cm³/mol. The Morgan fingerprint density at radius 2 is 1.87 bits per heavy atom. The molecule has 4 aromatic heterocycles. The molecule has 1 unspecified atom stereocenters. The molecular weight excluding hydrogens is 492 g/mol. The molecule has 2 N–H and O–H groups in total. The summed E-state index contributed by atoms with van der Waals surface area (Å²) in [7, 11) is 0. The third kappa shape index (κ3) is 4.32. The van der Waals surface area contributed by atoms with Gasteiger partial charge in [-0.05, 0) is 56.2 Å². The molecule has 6 aromatic rings. The van der Waals surface area contributed by atoms with E-state index in [4.69, 9.17) is 4.98 Å². The van der Waals surface area contributed by atoms with E-state index in [9.17, 15) is 9.59 Å². The highest BCUT2D eigenvalue weighted by Crippen LogP contribution is 2.21. The van der Waals surface area contributed by atoms with Gasteiger partial charge < -0.3 is 5.32 Å². The predicted octanol–water partition coefficient (Wildman–Crippen LogP) is 3.35. The maximum absolute atomic E-state index is 14.1. The molecule has 39 heavy (non-hydrogen) atoms. The first-order valence-electron chi connectivity index (χ1n) is 12.2. The molecule has 10 heteroatoms. The summed E-state index contributed by atoms with van der Waals surface area (Å²) in [6, 6.07) is 17.4. The third-order valence-corrected chi connectivity index (χ3v) is 6.30. The fraction of sp³-hybridized carbons (Fsp3) is 0.103. The number of carbonyl (C=O) groups excluding carboxylic acids is 1. The van der Waals surface area contributed by atoms with Crippen molar-refractivity contribution in [3.05, 3.63) is 118 Å². The van der Waals surface area contributed by atoms with E-state index in [0.717, 1.165) is 0 Å². The number of aromatic nitrogens is 7. The topological polar surface area (TPSA) is 123 Å². The number of nitrogens with zero attached hydrogens (tertiary/aromatic N) is 6. The maximum Gasteiger partial charge on any atom is 0.267 e. The van der Waals surface area contributed by atoms with E-state index < -0.39 is 6.04 Å². The first-order chi connectivity index (χ1) is 19.0. The molecule has 0 saturated carbocycles. The minimum Gasteiger partial charge on any atom is -0.342 e. The molecule has 190 valence electrons. The van der Waals surface area contributed by atoms with Gasteiger partial charge in [0.05, 0.1) is 28.3 Å². The number of aryl methyl sites for hydroxylation is 1. The van der Waals surface area contributed by atoms with Crippen molar-refractivity contribution in [2.45, 2.75) is 19.9 Å². The highest BCUT2D eigenvalue weighted by molar-refractivity contribution is 6.01. The number of rotatable bonds is 4. The van der Waals surface area contributed by atoms with Crippen molar-refractivity contribution >= 4 is 22.5 Å². The zero-order chi connectivity index (χ0) is 26.9. The average molecular weight is 515 g/mol. The van der Waals surface area contributed by atoms with Gasteiger partial charge in [0, 0.05) is 24.2 Å². The Labute approximate surface area is 222 Å². The Bertz CT molecular complexity index is 1960. The number of para-hydroxylation sites is 1. The minimum absolute atomic E-state index is 0.286. The van der Waals surface area contributed by atoms with E-state index in [1.54, 1.807) is 67.3 Å². The van der Waals surface area contributed by atoms with Gasteiger partial charge in [0.25, 0.3) is 11.5 Å². The molecule has 10 nitrogen and oxygen atoms in total. The Balaban J connectivity index is 1.48. The van der Waals surface area contributed by atoms with E-state index in [0.29, 0.717) is 50.6 Å². The van der Waals surface area contributed by atoms with Crippen LogP contribution in [0.25, 0.3) is 22.2 Å². The van der Waals surface area contributed by atoms with Gasteiger partial charge in [0.1, 0.15) is 17.1 Å². The van der Waals surface area contributed by atoms with E-state index in [-0.39, 0.29) is 11.5 Å². The summed E-state index contributed by atoms with van der Waals surface area (Å²) < 4.78 is 3.09. The number of H-pyrrole nitrogens is 1. The lowest BCUT2D eigenvalue weighted by atomic mass is 10.1. The third-order valence-electron chi connectivity index (χ3n) is 6.30. The Morgan fingerprint density at radius 1 is 1.03 bits per heavy atom. The number of nitrogens with one attached hydrogen (secondary N) is 2. The first kappa shape index (κ1) is 23.8. The second-order valence-electron chi connectivity index (χ2n) is 8.91. The number of hydrogen-bond donors (Lipinski definition) is 2. The zero-order valence-electron chi connectivity index (χ0n) is 21.1. The van der Waals surface area contributed by atoms with Crippen molar-refractivity contribution in [1.82, 2.24) is 39.7 Å². The van der Waals surface area contributed by atoms with Crippen LogP contribution in [-0.2, 0) is 0 Å². The van der Waals surface area contributed by atoms with Crippen molar-refractivity contribution in [1.29, 1.82) is 0 Å². The lowest BCUT2D eigenvalue weighted by Crippen LogP contribution is -2.33. The van der Waals surface area contributed by atoms with Gasteiger partial charge in [0.2, 0.25) is 0 Å². The zero-order valence-corrected chi connectivity index (χ0v) is 21.1. The van der Waals surface area contributed by atoms with E-state index in [2.05, 4.69) is 37.4 Å². The molecule has 0 radical (unpaired) electrons. The molecule has 1 amide bonds. The Kier molecular flexibility index (Phi) is 5.93. The molecule has 6 rings (SSSR count). The quantitative estimate of drug-likeness (QED) is 0.348. The molecule has 0 aliphatic carbocycles. The maximum atomic E-state index is 14.1. The molecule has 4 heterocycles. The lowest BCUT2D eigenvalue weighted by Gasteiger charge is -2.20. The van der Waals surface area contributed by atoms with Crippen LogP contribution in [0, 0.1) is 18.8 Å². The smallest absolute Gasteiger partial charge is 0.267 e. The van der Waals surface area contributed by atoms with Crippen LogP contribution in [-0.4, -0.2) is 40.3 Å². The van der Waals surface area contributed by atoms with Gasteiger partial charge in [-0.3, -0.25) is 19.3 Å². The van der Waals surface area contributed by atoms with Crippen LogP contribution < -0.4 is 10.9 Å². The fourth-order valence-corrected chi connectivity index (χ4v) is 4.52. The van der Waals surface area contributed by atoms with Crippen LogP contribution in [0.5, 0.6) is 0 Å².